The standard InChI is InChI=1S/C21H23N2O8P/c1-25-15-8-6-14(10-17(15)26-2)19-23-21(32(24,27-3)28-4)20(31-19)22-11-13-5-7-16-18(9-13)30-12-29-16/h5-10,22H,11-12H2,1-4H3. The van der Waals surface area contributed by atoms with Crippen molar-refractivity contribution in [2.75, 3.05) is 40.5 Å². The molecule has 0 fully saturated rings. The van der Waals surface area contributed by atoms with Crippen LogP contribution in [-0.2, 0) is 20.2 Å². The lowest BCUT2D eigenvalue weighted by atomic mass is 10.2. The Bertz CT molecular complexity index is 1150. The predicted octanol–water partition coefficient (Wildman–Crippen LogP) is 3.81. The average Bonchev–Trinajstić information content (AvgIpc) is 3.48. The molecule has 1 N–H and O–H groups in total. The summed E-state index contributed by atoms with van der Waals surface area (Å²) in [5.41, 5.74) is 1.53. The van der Waals surface area contributed by atoms with E-state index in [0.717, 1.165) is 5.56 Å². The summed E-state index contributed by atoms with van der Waals surface area (Å²) in [6.45, 7) is 0.537. The van der Waals surface area contributed by atoms with E-state index in [1.54, 1.807) is 25.3 Å². The maximum atomic E-state index is 13.1. The third-order valence-electron chi connectivity index (χ3n) is 4.87. The molecule has 2 heterocycles. The van der Waals surface area contributed by atoms with Crippen LogP contribution in [0.5, 0.6) is 23.0 Å². The lowest BCUT2D eigenvalue weighted by Crippen LogP contribution is -2.14. The van der Waals surface area contributed by atoms with Crippen molar-refractivity contribution in [3.05, 3.63) is 42.0 Å². The summed E-state index contributed by atoms with van der Waals surface area (Å²) < 4.78 is 50.7. The number of aromatic nitrogens is 1. The van der Waals surface area contributed by atoms with E-state index < -0.39 is 7.60 Å². The summed E-state index contributed by atoms with van der Waals surface area (Å²) in [6, 6.07) is 10.8. The number of nitrogens with zero attached hydrogens (tertiary/aromatic N) is 1. The maximum Gasteiger partial charge on any atom is 0.384 e. The van der Waals surface area contributed by atoms with Gasteiger partial charge in [-0.3, -0.25) is 4.57 Å². The first-order valence-electron chi connectivity index (χ1n) is 9.59. The molecular formula is C21H23N2O8P. The van der Waals surface area contributed by atoms with E-state index in [-0.39, 0.29) is 24.0 Å². The molecule has 10 nitrogen and oxygen atoms in total. The number of methoxy groups -OCH3 is 2. The molecule has 0 saturated carbocycles. The highest BCUT2D eigenvalue weighted by atomic mass is 31.2. The van der Waals surface area contributed by atoms with E-state index in [9.17, 15) is 4.57 Å². The van der Waals surface area contributed by atoms with E-state index in [2.05, 4.69) is 10.3 Å². The number of hydrogen-bond donors (Lipinski definition) is 1. The summed E-state index contributed by atoms with van der Waals surface area (Å²) in [7, 11) is 1.95. The Hall–Kier alpha value is -3.20. The van der Waals surface area contributed by atoms with E-state index in [4.69, 9.17) is 32.4 Å². The van der Waals surface area contributed by atoms with Crippen LogP contribution in [0.4, 0.5) is 5.88 Å². The Morgan fingerprint density at radius 1 is 0.969 bits per heavy atom. The summed E-state index contributed by atoms with van der Waals surface area (Å²) in [5.74, 6) is 2.79. The number of nitrogens with one attached hydrogen (secondary N) is 1. The van der Waals surface area contributed by atoms with Gasteiger partial charge >= 0.3 is 7.60 Å². The molecule has 0 bridgehead atoms. The predicted molar refractivity (Wildman–Crippen MR) is 116 cm³/mol. The van der Waals surface area contributed by atoms with Gasteiger partial charge in [-0.2, -0.15) is 4.98 Å². The second kappa shape index (κ2) is 9.12. The lowest BCUT2D eigenvalue weighted by Gasteiger charge is -2.12. The van der Waals surface area contributed by atoms with Gasteiger partial charge in [0.1, 0.15) is 0 Å². The normalized spacial score (nSPS) is 12.6. The molecule has 2 aromatic carbocycles. The van der Waals surface area contributed by atoms with Crippen LogP contribution in [0.2, 0.25) is 0 Å². The minimum atomic E-state index is -3.71. The summed E-state index contributed by atoms with van der Waals surface area (Å²) >= 11 is 0. The van der Waals surface area contributed by atoms with Gasteiger partial charge in [0, 0.05) is 26.3 Å². The first kappa shape index (κ1) is 22.0. The Balaban J connectivity index is 1.68. The molecule has 11 heteroatoms. The number of anilines is 1. The van der Waals surface area contributed by atoms with Crippen LogP contribution in [0.15, 0.2) is 40.8 Å². The second-order valence-corrected chi connectivity index (χ2v) is 8.79. The van der Waals surface area contributed by atoms with Crippen molar-refractivity contribution >= 4 is 18.9 Å². The van der Waals surface area contributed by atoms with Crippen molar-refractivity contribution in [1.29, 1.82) is 0 Å². The van der Waals surface area contributed by atoms with Crippen molar-refractivity contribution in [3.63, 3.8) is 0 Å². The van der Waals surface area contributed by atoms with Gasteiger partial charge in [0.05, 0.1) is 14.2 Å². The number of fused-ring (bicyclic) bond motifs is 1. The maximum absolute atomic E-state index is 13.1. The van der Waals surface area contributed by atoms with Crippen LogP contribution in [0, 0.1) is 0 Å². The second-order valence-electron chi connectivity index (χ2n) is 6.65. The number of ether oxygens (including phenoxy) is 4. The quantitative estimate of drug-likeness (QED) is 0.471. The molecule has 0 aliphatic carbocycles. The van der Waals surface area contributed by atoms with Gasteiger partial charge in [-0.15, -0.1) is 0 Å². The zero-order valence-electron chi connectivity index (χ0n) is 18.0. The third-order valence-corrected chi connectivity index (χ3v) is 6.65. The molecule has 4 rings (SSSR count). The molecule has 0 saturated heterocycles. The van der Waals surface area contributed by atoms with Crippen LogP contribution in [0.25, 0.3) is 11.5 Å². The minimum absolute atomic E-state index is 0.0352. The highest BCUT2D eigenvalue weighted by molar-refractivity contribution is 7.62. The Labute approximate surface area is 184 Å². The van der Waals surface area contributed by atoms with E-state index in [1.165, 1.54) is 21.3 Å². The van der Waals surface area contributed by atoms with Gasteiger partial charge in [0.25, 0.3) is 0 Å². The molecule has 1 aliphatic rings. The molecule has 32 heavy (non-hydrogen) atoms. The van der Waals surface area contributed by atoms with Crippen LogP contribution in [0.1, 0.15) is 5.56 Å². The monoisotopic (exact) mass is 462 g/mol. The molecule has 0 atom stereocenters. The molecule has 0 spiro atoms. The molecule has 0 amide bonds. The fourth-order valence-corrected chi connectivity index (χ4v) is 4.27. The molecule has 3 aromatic rings. The highest BCUT2D eigenvalue weighted by Crippen LogP contribution is 2.48. The fraction of sp³-hybridized carbons (Fsp3) is 0.286. The van der Waals surface area contributed by atoms with Crippen molar-refractivity contribution in [2.45, 2.75) is 6.54 Å². The van der Waals surface area contributed by atoms with Crippen LogP contribution in [0.3, 0.4) is 0 Å². The fourth-order valence-electron chi connectivity index (χ4n) is 3.19. The van der Waals surface area contributed by atoms with Crippen molar-refractivity contribution in [2.24, 2.45) is 0 Å². The average molecular weight is 462 g/mol. The topological polar surface area (TPSA) is 111 Å². The number of benzene rings is 2. The van der Waals surface area contributed by atoms with Gasteiger partial charge in [0.15, 0.2) is 23.0 Å². The number of rotatable bonds is 9. The van der Waals surface area contributed by atoms with E-state index >= 15 is 0 Å². The Morgan fingerprint density at radius 3 is 2.44 bits per heavy atom. The van der Waals surface area contributed by atoms with Crippen LogP contribution in [-0.4, -0.2) is 40.2 Å². The molecule has 0 radical (unpaired) electrons. The zero-order chi connectivity index (χ0) is 22.7. The summed E-state index contributed by atoms with van der Waals surface area (Å²) in [5, 5.41) is 3.12. The molecule has 1 aliphatic heterocycles. The van der Waals surface area contributed by atoms with Crippen molar-refractivity contribution in [3.8, 4) is 34.5 Å². The van der Waals surface area contributed by atoms with Crippen molar-refractivity contribution < 1.29 is 37.0 Å². The first-order valence-corrected chi connectivity index (χ1v) is 11.1. The van der Waals surface area contributed by atoms with Gasteiger partial charge < -0.3 is 37.7 Å². The molecular weight excluding hydrogens is 439 g/mol. The van der Waals surface area contributed by atoms with Crippen LogP contribution >= 0.6 is 7.60 Å². The first-order chi connectivity index (χ1) is 15.5. The molecule has 170 valence electrons. The zero-order valence-corrected chi connectivity index (χ0v) is 18.9. The number of hydrogen-bond acceptors (Lipinski definition) is 10. The number of oxazole rings is 1. The summed E-state index contributed by atoms with van der Waals surface area (Å²) in [6.07, 6.45) is 0. The molecule has 0 unspecified atom stereocenters. The largest absolute Gasteiger partial charge is 0.493 e. The SMILES string of the molecule is COc1ccc(-c2nc(P(=O)(OC)OC)c(NCc3ccc4c(c3)OCO4)o2)cc1OC. The lowest BCUT2D eigenvalue weighted by molar-refractivity contribution is 0.174. The van der Waals surface area contributed by atoms with E-state index in [0.29, 0.717) is 35.1 Å². The van der Waals surface area contributed by atoms with Gasteiger partial charge in [-0.1, -0.05) is 6.07 Å². The van der Waals surface area contributed by atoms with Crippen molar-refractivity contribution in [1.82, 2.24) is 4.98 Å². The van der Waals surface area contributed by atoms with Gasteiger partial charge in [-0.25, -0.2) is 0 Å². The third kappa shape index (κ3) is 4.12. The minimum Gasteiger partial charge on any atom is -0.493 e. The summed E-state index contributed by atoms with van der Waals surface area (Å²) in [4.78, 5) is 4.41. The Kier molecular flexibility index (Phi) is 6.27. The van der Waals surface area contributed by atoms with E-state index in [1.807, 2.05) is 18.2 Å². The van der Waals surface area contributed by atoms with Gasteiger partial charge in [0.2, 0.25) is 24.0 Å². The molecule has 1 aromatic heterocycles. The van der Waals surface area contributed by atoms with Crippen LogP contribution < -0.4 is 29.7 Å². The highest BCUT2D eigenvalue weighted by Gasteiger charge is 2.34. The Morgan fingerprint density at radius 2 is 1.72 bits per heavy atom. The van der Waals surface area contributed by atoms with Gasteiger partial charge in [-0.05, 0) is 35.9 Å². The smallest absolute Gasteiger partial charge is 0.384 e.